The molecule has 2 aromatic carbocycles. The maximum absolute atomic E-state index is 13.9. The lowest BCUT2D eigenvalue weighted by Gasteiger charge is -2.42. The molecule has 34 heavy (non-hydrogen) atoms. The number of hydrogen-bond acceptors (Lipinski definition) is 4. The van der Waals surface area contributed by atoms with Gasteiger partial charge in [-0.15, -0.1) is 0 Å². The number of likely N-dealkylation sites (tertiary alicyclic amines) is 1. The van der Waals surface area contributed by atoms with Crippen molar-refractivity contribution in [1.82, 2.24) is 9.80 Å². The summed E-state index contributed by atoms with van der Waals surface area (Å²) in [6.07, 6.45) is 2.30. The molecule has 3 fully saturated rings. The van der Waals surface area contributed by atoms with Crippen LogP contribution in [0.25, 0.3) is 0 Å². The Labute approximate surface area is 201 Å². The van der Waals surface area contributed by atoms with Gasteiger partial charge in [-0.05, 0) is 36.8 Å². The topological polar surface area (TPSA) is 59.1 Å². The van der Waals surface area contributed by atoms with E-state index in [0.717, 1.165) is 43.7 Å². The van der Waals surface area contributed by atoms with E-state index in [0.29, 0.717) is 38.6 Å². The Hall–Kier alpha value is -2.70. The maximum Gasteiger partial charge on any atom is 0.257 e. The molecule has 3 aliphatic rings. The van der Waals surface area contributed by atoms with E-state index in [2.05, 4.69) is 12.1 Å². The van der Waals surface area contributed by atoms with Gasteiger partial charge < -0.3 is 19.3 Å². The number of carbonyl (C=O) groups excluding carboxylic acids is 2. The Morgan fingerprint density at radius 3 is 2.50 bits per heavy atom. The Morgan fingerprint density at radius 1 is 1.03 bits per heavy atom. The Bertz CT molecular complexity index is 1000. The first-order chi connectivity index (χ1) is 16.5. The molecule has 0 aromatic heterocycles. The van der Waals surface area contributed by atoms with Gasteiger partial charge in [-0.1, -0.05) is 60.2 Å². The number of nitrogens with zero attached hydrogens (tertiary/aromatic N) is 2. The summed E-state index contributed by atoms with van der Waals surface area (Å²) < 4.78 is 11.9. The molecule has 2 atom stereocenters. The molecule has 0 aliphatic carbocycles. The Kier molecular flexibility index (Phi) is 6.70. The summed E-state index contributed by atoms with van der Waals surface area (Å²) in [7, 11) is 0. The van der Waals surface area contributed by atoms with Crippen LogP contribution in [-0.2, 0) is 25.5 Å². The minimum absolute atomic E-state index is 0.0284. The van der Waals surface area contributed by atoms with Gasteiger partial charge in [0.1, 0.15) is 0 Å². The highest BCUT2D eigenvalue weighted by atomic mass is 16.5. The van der Waals surface area contributed by atoms with Crippen LogP contribution >= 0.6 is 0 Å². The Morgan fingerprint density at radius 2 is 1.76 bits per heavy atom. The summed E-state index contributed by atoms with van der Waals surface area (Å²) >= 11 is 0. The Balaban J connectivity index is 1.38. The van der Waals surface area contributed by atoms with Gasteiger partial charge in [0, 0.05) is 38.8 Å². The van der Waals surface area contributed by atoms with Crippen LogP contribution in [-0.4, -0.2) is 73.2 Å². The van der Waals surface area contributed by atoms with Gasteiger partial charge in [-0.3, -0.25) is 9.59 Å². The molecule has 3 saturated heterocycles. The fourth-order valence-electron chi connectivity index (χ4n) is 5.62. The quantitative estimate of drug-likeness (QED) is 0.685. The van der Waals surface area contributed by atoms with E-state index in [1.165, 1.54) is 5.56 Å². The second-order valence-electron chi connectivity index (χ2n) is 9.94. The molecule has 3 aliphatic heterocycles. The first-order valence-corrected chi connectivity index (χ1v) is 12.4. The van der Waals surface area contributed by atoms with E-state index in [4.69, 9.17) is 9.47 Å². The summed E-state index contributed by atoms with van der Waals surface area (Å²) in [5, 5.41) is 0. The molecule has 6 heteroatoms. The zero-order chi connectivity index (χ0) is 23.5. The number of carbonyl (C=O) groups is 2. The number of benzene rings is 2. The molecule has 3 heterocycles. The largest absolute Gasteiger partial charge is 0.381 e. The van der Waals surface area contributed by atoms with Crippen LogP contribution in [0, 0.1) is 12.8 Å². The number of morpholine rings is 1. The number of hydrogen-bond donors (Lipinski definition) is 0. The predicted molar refractivity (Wildman–Crippen MR) is 129 cm³/mol. The molecule has 180 valence electrons. The maximum atomic E-state index is 13.9. The van der Waals surface area contributed by atoms with Crippen molar-refractivity contribution in [2.45, 2.75) is 37.7 Å². The molecular formula is C28H34N2O4. The van der Waals surface area contributed by atoms with Crippen molar-refractivity contribution >= 4 is 11.8 Å². The van der Waals surface area contributed by atoms with Gasteiger partial charge in [-0.2, -0.15) is 0 Å². The van der Waals surface area contributed by atoms with Gasteiger partial charge in [0.05, 0.1) is 19.6 Å². The van der Waals surface area contributed by atoms with Crippen molar-refractivity contribution in [2.75, 3.05) is 46.0 Å². The molecule has 0 radical (unpaired) electrons. The second-order valence-corrected chi connectivity index (χ2v) is 9.94. The average Bonchev–Trinajstić information content (AvgIpc) is 3.12. The van der Waals surface area contributed by atoms with Crippen LogP contribution in [0.4, 0.5) is 0 Å². The summed E-state index contributed by atoms with van der Waals surface area (Å²) in [6.45, 7) is 6.11. The zero-order valence-corrected chi connectivity index (χ0v) is 19.9. The molecule has 6 nitrogen and oxygen atoms in total. The molecule has 0 saturated carbocycles. The van der Waals surface area contributed by atoms with Gasteiger partial charge >= 0.3 is 0 Å². The minimum Gasteiger partial charge on any atom is -0.381 e. The molecule has 2 amide bonds. The van der Waals surface area contributed by atoms with Crippen molar-refractivity contribution in [3.05, 3.63) is 71.3 Å². The van der Waals surface area contributed by atoms with Gasteiger partial charge in [-0.25, -0.2) is 0 Å². The lowest BCUT2D eigenvalue weighted by Crippen LogP contribution is -2.59. The first kappa shape index (κ1) is 23.1. The lowest BCUT2D eigenvalue weighted by molar-refractivity contribution is -0.167. The minimum atomic E-state index is -1.02. The third-order valence-corrected chi connectivity index (χ3v) is 7.61. The fraction of sp³-hybridized carbons (Fsp3) is 0.500. The SMILES string of the molecule is Cc1ccc(CC(=O)N2CCO[C@]3(C2)C(=O)N(CC2CCOCC2)C[C@@H]3c2ccccc2)cc1. The normalized spacial score (nSPS) is 25.8. The number of amides is 2. The van der Waals surface area contributed by atoms with E-state index in [9.17, 15) is 9.59 Å². The highest BCUT2D eigenvalue weighted by Crippen LogP contribution is 2.42. The van der Waals surface area contributed by atoms with E-state index in [-0.39, 0.29) is 17.7 Å². The van der Waals surface area contributed by atoms with E-state index in [1.54, 1.807) is 0 Å². The highest BCUT2D eigenvalue weighted by molar-refractivity contribution is 5.91. The third-order valence-electron chi connectivity index (χ3n) is 7.61. The van der Waals surface area contributed by atoms with Gasteiger partial charge in [0.15, 0.2) is 5.60 Å². The highest BCUT2D eigenvalue weighted by Gasteiger charge is 2.58. The van der Waals surface area contributed by atoms with E-state index < -0.39 is 5.60 Å². The van der Waals surface area contributed by atoms with Gasteiger partial charge in [0.25, 0.3) is 5.91 Å². The van der Waals surface area contributed by atoms with Crippen LogP contribution < -0.4 is 0 Å². The summed E-state index contributed by atoms with van der Waals surface area (Å²) in [4.78, 5) is 31.0. The zero-order valence-electron chi connectivity index (χ0n) is 19.9. The van der Waals surface area contributed by atoms with Crippen molar-refractivity contribution in [2.24, 2.45) is 5.92 Å². The fourth-order valence-corrected chi connectivity index (χ4v) is 5.62. The predicted octanol–water partition coefficient (Wildman–Crippen LogP) is 3.19. The van der Waals surface area contributed by atoms with Crippen molar-refractivity contribution < 1.29 is 19.1 Å². The monoisotopic (exact) mass is 462 g/mol. The second kappa shape index (κ2) is 9.88. The number of rotatable bonds is 5. The van der Waals surface area contributed by atoms with E-state index >= 15 is 0 Å². The molecule has 1 spiro atoms. The van der Waals surface area contributed by atoms with Gasteiger partial charge in [0.2, 0.25) is 5.91 Å². The molecule has 0 bridgehead atoms. The van der Waals surface area contributed by atoms with Crippen LogP contribution in [0.2, 0.25) is 0 Å². The van der Waals surface area contributed by atoms with E-state index in [1.807, 2.05) is 59.2 Å². The number of ether oxygens (including phenoxy) is 2. The summed E-state index contributed by atoms with van der Waals surface area (Å²) in [6, 6.07) is 18.2. The standard InChI is InChI=1S/C28H34N2O4/c1-21-7-9-22(10-8-21)17-26(31)29-13-16-34-28(20-29)25(24-5-3-2-4-6-24)19-30(27(28)32)18-23-11-14-33-15-12-23/h2-10,23,25H,11-20H2,1H3/t25-,28+/m1/s1. The summed E-state index contributed by atoms with van der Waals surface area (Å²) in [5.41, 5.74) is 2.24. The van der Waals surface area contributed by atoms with Crippen LogP contribution in [0.3, 0.4) is 0 Å². The third kappa shape index (κ3) is 4.62. The molecule has 0 unspecified atom stereocenters. The smallest absolute Gasteiger partial charge is 0.257 e. The van der Waals surface area contributed by atoms with Crippen molar-refractivity contribution in [3.63, 3.8) is 0 Å². The van der Waals surface area contributed by atoms with Crippen LogP contribution in [0.1, 0.15) is 35.4 Å². The average molecular weight is 463 g/mol. The molecule has 2 aromatic rings. The first-order valence-electron chi connectivity index (χ1n) is 12.4. The molecule has 5 rings (SSSR count). The van der Waals surface area contributed by atoms with Crippen LogP contribution in [0.15, 0.2) is 54.6 Å². The van der Waals surface area contributed by atoms with Crippen molar-refractivity contribution in [1.29, 1.82) is 0 Å². The lowest BCUT2D eigenvalue weighted by atomic mass is 9.83. The molecule has 0 N–H and O–H groups in total. The van der Waals surface area contributed by atoms with Crippen LogP contribution in [0.5, 0.6) is 0 Å². The van der Waals surface area contributed by atoms with Crippen molar-refractivity contribution in [3.8, 4) is 0 Å². The number of aryl methyl sites for hydroxylation is 1. The summed E-state index contributed by atoms with van der Waals surface area (Å²) in [5.74, 6) is 0.429. The molecular weight excluding hydrogens is 428 g/mol.